The SMILES string of the molecule is N/C(=C\NCCc1ccccc1)CCC=O. The van der Waals surface area contributed by atoms with Gasteiger partial charge >= 0.3 is 0 Å². The summed E-state index contributed by atoms with van der Waals surface area (Å²) >= 11 is 0. The minimum atomic E-state index is 0.489. The van der Waals surface area contributed by atoms with Gasteiger partial charge in [-0.3, -0.25) is 0 Å². The van der Waals surface area contributed by atoms with E-state index >= 15 is 0 Å². The van der Waals surface area contributed by atoms with Gasteiger partial charge in [0, 0.05) is 24.9 Å². The van der Waals surface area contributed by atoms with Crippen LogP contribution in [0, 0.1) is 0 Å². The number of carbonyl (C=O) groups excluding carboxylic acids is 1. The van der Waals surface area contributed by atoms with Gasteiger partial charge in [-0.05, 0) is 18.4 Å². The highest BCUT2D eigenvalue weighted by molar-refractivity contribution is 5.49. The molecular weight excluding hydrogens is 200 g/mol. The van der Waals surface area contributed by atoms with Crippen molar-refractivity contribution in [3.8, 4) is 0 Å². The van der Waals surface area contributed by atoms with E-state index in [-0.39, 0.29) is 0 Å². The Morgan fingerprint density at radius 2 is 2.06 bits per heavy atom. The first kappa shape index (κ1) is 12.3. The van der Waals surface area contributed by atoms with Crippen LogP contribution in [0.3, 0.4) is 0 Å². The number of hydrogen-bond acceptors (Lipinski definition) is 3. The molecule has 1 aromatic rings. The first-order chi connectivity index (χ1) is 7.83. The predicted molar refractivity (Wildman–Crippen MR) is 65.7 cm³/mol. The standard InChI is InChI=1S/C13H18N2O/c14-13(7-4-10-16)11-15-9-8-12-5-2-1-3-6-12/h1-3,5-6,10-11,15H,4,7-9,14H2/b13-11-. The van der Waals surface area contributed by atoms with Crippen molar-refractivity contribution in [2.24, 2.45) is 5.73 Å². The van der Waals surface area contributed by atoms with E-state index in [0.29, 0.717) is 12.8 Å². The van der Waals surface area contributed by atoms with Gasteiger partial charge in [0.25, 0.3) is 0 Å². The molecule has 0 atom stereocenters. The third-order valence-electron chi connectivity index (χ3n) is 2.24. The third kappa shape index (κ3) is 5.20. The maximum absolute atomic E-state index is 10.1. The van der Waals surface area contributed by atoms with Crippen LogP contribution < -0.4 is 11.1 Å². The second-order valence-electron chi connectivity index (χ2n) is 3.61. The Balaban J connectivity index is 2.18. The van der Waals surface area contributed by atoms with Gasteiger partial charge in [-0.25, -0.2) is 0 Å². The quantitative estimate of drug-likeness (QED) is 0.540. The molecule has 1 rings (SSSR count). The van der Waals surface area contributed by atoms with E-state index in [1.807, 2.05) is 18.2 Å². The molecule has 0 aliphatic rings. The molecule has 3 heteroatoms. The molecular formula is C13H18N2O. The molecule has 0 aliphatic carbocycles. The zero-order valence-corrected chi connectivity index (χ0v) is 9.36. The summed E-state index contributed by atoms with van der Waals surface area (Å²) in [6.45, 7) is 0.853. The summed E-state index contributed by atoms with van der Waals surface area (Å²) in [7, 11) is 0. The second kappa shape index (κ2) is 7.51. The minimum absolute atomic E-state index is 0.489. The van der Waals surface area contributed by atoms with Gasteiger partial charge in [0.2, 0.25) is 0 Å². The molecule has 0 unspecified atom stereocenters. The van der Waals surface area contributed by atoms with Crippen molar-refractivity contribution in [2.75, 3.05) is 6.54 Å². The molecule has 0 aliphatic heterocycles. The first-order valence-corrected chi connectivity index (χ1v) is 5.48. The summed E-state index contributed by atoms with van der Waals surface area (Å²) in [5.41, 5.74) is 7.70. The van der Waals surface area contributed by atoms with Crippen LogP contribution in [0.2, 0.25) is 0 Å². The Hall–Kier alpha value is -1.77. The highest BCUT2D eigenvalue weighted by atomic mass is 16.1. The van der Waals surface area contributed by atoms with Crippen LogP contribution in [0.5, 0.6) is 0 Å². The first-order valence-electron chi connectivity index (χ1n) is 5.48. The topological polar surface area (TPSA) is 55.1 Å². The average Bonchev–Trinajstić information content (AvgIpc) is 2.33. The molecule has 0 saturated carbocycles. The largest absolute Gasteiger partial charge is 0.401 e. The van der Waals surface area contributed by atoms with E-state index in [9.17, 15) is 4.79 Å². The molecule has 0 fully saturated rings. The highest BCUT2D eigenvalue weighted by Crippen LogP contribution is 1.98. The van der Waals surface area contributed by atoms with Crippen molar-refractivity contribution in [3.63, 3.8) is 0 Å². The van der Waals surface area contributed by atoms with Crippen molar-refractivity contribution in [2.45, 2.75) is 19.3 Å². The molecule has 3 nitrogen and oxygen atoms in total. The highest BCUT2D eigenvalue weighted by Gasteiger charge is 1.91. The van der Waals surface area contributed by atoms with Crippen LogP contribution in [-0.2, 0) is 11.2 Å². The lowest BCUT2D eigenvalue weighted by Crippen LogP contribution is -2.13. The smallest absolute Gasteiger partial charge is 0.120 e. The van der Waals surface area contributed by atoms with Crippen LogP contribution in [0.25, 0.3) is 0 Å². The lowest BCUT2D eigenvalue weighted by Gasteiger charge is -2.03. The van der Waals surface area contributed by atoms with E-state index in [0.717, 1.165) is 24.9 Å². The van der Waals surface area contributed by atoms with Crippen molar-refractivity contribution < 1.29 is 4.79 Å². The molecule has 0 spiro atoms. The van der Waals surface area contributed by atoms with E-state index in [1.165, 1.54) is 5.56 Å². The number of rotatable bonds is 7. The number of benzene rings is 1. The van der Waals surface area contributed by atoms with Crippen molar-refractivity contribution in [3.05, 3.63) is 47.8 Å². The summed E-state index contributed by atoms with van der Waals surface area (Å²) in [5.74, 6) is 0. The maximum atomic E-state index is 10.1. The fourth-order valence-corrected chi connectivity index (χ4v) is 1.36. The van der Waals surface area contributed by atoms with Gasteiger partial charge in [-0.2, -0.15) is 0 Å². The molecule has 0 saturated heterocycles. The van der Waals surface area contributed by atoms with Gasteiger partial charge in [-0.15, -0.1) is 0 Å². The lowest BCUT2D eigenvalue weighted by molar-refractivity contribution is -0.107. The number of allylic oxidation sites excluding steroid dienone is 1. The molecule has 16 heavy (non-hydrogen) atoms. The number of nitrogens with one attached hydrogen (secondary N) is 1. The summed E-state index contributed by atoms with van der Waals surface area (Å²) in [6, 6.07) is 10.3. The predicted octanol–water partition coefficient (Wildman–Crippen LogP) is 1.60. The van der Waals surface area contributed by atoms with Crippen LogP contribution in [0.1, 0.15) is 18.4 Å². The molecule has 86 valence electrons. The normalized spacial score (nSPS) is 11.1. The zero-order chi connectivity index (χ0) is 11.6. The van der Waals surface area contributed by atoms with E-state index in [2.05, 4.69) is 17.4 Å². The number of aldehydes is 1. The molecule has 0 amide bonds. The van der Waals surface area contributed by atoms with Gasteiger partial charge in [0.1, 0.15) is 6.29 Å². The summed E-state index contributed by atoms with van der Waals surface area (Å²) < 4.78 is 0. The Morgan fingerprint density at radius 3 is 2.75 bits per heavy atom. The van der Waals surface area contributed by atoms with Crippen molar-refractivity contribution >= 4 is 6.29 Å². The molecule has 0 bridgehead atoms. The molecule has 1 aromatic carbocycles. The summed E-state index contributed by atoms with van der Waals surface area (Å²) in [5, 5.41) is 3.14. The second-order valence-corrected chi connectivity index (χ2v) is 3.61. The number of hydrogen-bond donors (Lipinski definition) is 2. The van der Waals surface area contributed by atoms with Crippen molar-refractivity contribution in [1.82, 2.24) is 5.32 Å². The van der Waals surface area contributed by atoms with Crippen LogP contribution in [0.15, 0.2) is 42.2 Å². The van der Waals surface area contributed by atoms with E-state index in [4.69, 9.17) is 5.73 Å². The van der Waals surface area contributed by atoms with Gasteiger partial charge < -0.3 is 15.8 Å². The number of nitrogens with two attached hydrogens (primary N) is 1. The Labute approximate surface area is 96.3 Å². The van der Waals surface area contributed by atoms with Crippen LogP contribution in [0.4, 0.5) is 0 Å². The fraction of sp³-hybridized carbons (Fsp3) is 0.308. The number of carbonyl (C=O) groups is 1. The van der Waals surface area contributed by atoms with Gasteiger partial charge in [-0.1, -0.05) is 30.3 Å². The average molecular weight is 218 g/mol. The molecule has 0 heterocycles. The Kier molecular flexibility index (Phi) is 5.78. The van der Waals surface area contributed by atoms with E-state index < -0.39 is 0 Å². The lowest BCUT2D eigenvalue weighted by atomic mass is 10.1. The minimum Gasteiger partial charge on any atom is -0.401 e. The van der Waals surface area contributed by atoms with Gasteiger partial charge in [0.05, 0.1) is 0 Å². The molecule has 0 aromatic heterocycles. The zero-order valence-electron chi connectivity index (χ0n) is 9.36. The van der Waals surface area contributed by atoms with E-state index in [1.54, 1.807) is 6.20 Å². The molecule has 3 N–H and O–H groups in total. The molecule has 0 radical (unpaired) electrons. The van der Waals surface area contributed by atoms with Crippen LogP contribution >= 0.6 is 0 Å². The Morgan fingerprint density at radius 1 is 1.31 bits per heavy atom. The monoisotopic (exact) mass is 218 g/mol. The Bertz CT molecular complexity index is 333. The third-order valence-corrected chi connectivity index (χ3v) is 2.24. The maximum Gasteiger partial charge on any atom is 0.120 e. The van der Waals surface area contributed by atoms with Gasteiger partial charge in [0.15, 0.2) is 0 Å². The summed E-state index contributed by atoms with van der Waals surface area (Å²) in [6.07, 6.45) is 4.75. The van der Waals surface area contributed by atoms with Crippen molar-refractivity contribution in [1.29, 1.82) is 0 Å². The fourth-order valence-electron chi connectivity index (χ4n) is 1.36. The van der Waals surface area contributed by atoms with Crippen LogP contribution in [-0.4, -0.2) is 12.8 Å². The summed E-state index contributed by atoms with van der Waals surface area (Å²) in [4.78, 5) is 10.1.